The van der Waals surface area contributed by atoms with Gasteiger partial charge in [-0.2, -0.15) is 0 Å². The first-order valence-electron chi connectivity index (χ1n) is 6.48. The van der Waals surface area contributed by atoms with Crippen LogP contribution in [-0.4, -0.2) is 20.1 Å². The van der Waals surface area contributed by atoms with Gasteiger partial charge in [0.2, 0.25) is 5.91 Å². The Labute approximate surface area is 115 Å². The number of rotatable bonds is 4. The zero-order valence-electron chi connectivity index (χ0n) is 11.4. The maximum Gasteiger partial charge on any atom is 0.216 e. The molecule has 19 heavy (non-hydrogen) atoms. The molecule has 0 heterocycles. The average Bonchev–Trinajstić information content (AvgIpc) is 2.46. The number of amides is 1. The van der Waals surface area contributed by atoms with Crippen molar-refractivity contribution in [1.29, 1.82) is 0 Å². The van der Waals surface area contributed by atoms with Crippen LogP contribution in [0.4, 0.5) is 0 Å². The molecule has 98 valence electrons. The second-order valence-electron chi connectivity index (χ2n) is 4.97. The maximum atomic E-state index is 11.3. The van der Waals surface area contributed by atoms with E-state index in [1.165, 1.54) is 10.4 Å². The van der Waals surface area contributed by atoms with Crippen molar-refractivity contribution in [1.82, 2.24) is 5.32 Å². The molecule has 0 aliphatic rings. The van der Waals surface area contributed by atoms with E-state index in [0.717, 1.165) is 6.17 Å². The summed E-state index contributed by atoms with van der Waals surface area (Å²) in [5.41, 5.74) is 0. The second-order valence-corrected chi connectivity index (χ2v) is 9.15. The summed E-state index contributed by atoms with van der Waals surface area (Å²) in [4.78, 5) is 11.3. The Kier molecular flexibility index (Phi) is 4.17. The molecular formula is C16H19NOSi. The maximum absolute atomic E-state index is 11.3. The number of hydrogen-bond donors (Lipinski definition) is 1. The van der Waals surface area contributed by atoms with Crippen molar-refractivity contribution in [2.24, 2.45) is 0 Å². The molecule has 0 spiro atoms. The molecule has 0 saturated carbocycles. The molecule has 2 rings (SSSR count). The molecule has 0 bridgehead atoms. The Hall–Kier alpha value is -1.87. The minimum atomic E-state index is -1.90. The smallest absolute Gasteiger partial charge is 0.216 e. The molecule has 0 fully saturated rings. The first kappa shape index (κ1) is 13.6. The van der Waals surface area contributed by atoms with E-state index in [-0.39, 0.29) is 5.91 Å². The van der Waals surface area contributed by atoms with Gasteiger partial charge in [0, 0.05) is 13.1 Å². The molecule has 1 amide bonds. The summed E-state index contributed by atoms with van der Waals surface area (Å²) >= 11 is 0. The first-order valence-corrected chi connectivity index (χ1v) is 9.19. The van der Waals surface area contributed by atoms with E-state index in [0.29, 0.717) is 0 Å². The fourth-order valence-electron chi connectivity index (χ4n) is 2.28. The molecule has 0 aliphatic heterocycles. The number of nitrogens with one attached hydrogen (secondary N) is 1. The van der Waals surface area contributed by atoms with Crippen molar-refractivity contribution in [3.8, 4) is 0 Å². The molecule has 0 atom stereocenters. The summed E-state index contributed by atoms with van der Waals surface area (Å²) in [5.74, 6) is 0.0330. The van der Waals surface area contributed by atoms with E-state index in [9.17, 15) is 4.79 Å². The van der Waals surface area contributed by atoms with Gasteiger partial charge in [-0.25, -0.2) is 0 Å². The fraction of sp³-hybridized carbons (Fsp3) is 0.188. The van der Waals surface area contributed by atoms with Gasteiger partial charge in [-0.05, 0) is 0 Å². The normalized spacial score (nSPS) is 11.1. The van der Waals surface area contributed by atoms with Gasteiger partial charge < -0.3 is 5.32 Å². The monoisotopic (exact) mass is 269 g/mol. The van der Waals surface area contributed by atoms with Gasteiger partial charge in [-0.15, -0.1) is 0 Å². The van der Waals surface area contributed by atoms with Crippen LogP contribution in [0.1, 0.15) is 6.92 Å². The standard InChI is InChI=1S/C16H19NOSi/c1-14(18)17-13-19(2,15-9-5-3-6-10-15)16-11-7-4-8-12-16/h3-12H,13H2,1-2H3,(H,17,18). The molecule has 0 radical (unpaired) electrons. The SMILES string of the molecule is CC(=O)NC[Si](C)(c1ccccc1)c1ccccc1. The van der Waals surface area contributed by atoms with Crippen LogP contribution >= 0.6 is 0 Å². The van der Waals surface area contributed by atoms with E-state index in [2.05, 4.69) is 60.4 Å². The molecule has 0 unspecified atom stereocenters. The van der Waals surface area contributed by atoms with Gasteiger partial charge in [0.1, 0.15) is 8.07 Å². The van der Waals surface area contributed by atoms with Gasteiger partial charge in [0.05, 0.1) is 0 Å². The van der Waals surface area contributed by atoms with Crippen molar-refractivity contribution in [2.75, 3.05) is 6.17 Å². The van der Waals surface area contributed by atoms with E-state index in [4.69, 9.17) is 0 Å². The molecule has 2 aromatic rings. The minimum absolute atomic E-state index is 0.0330. The lowest BCUT2D eigenvalue weighted by atomic mass is 10.4. The highest BCUT2D eigenvalue weighted by Crippen LogP contribution is 2.04. The Morgan fingerprint density at radius 1 is 0.947 bits per heavy atom. The van der Waals surface area contributed by atoms with Crippen LogP contribution in [-0.2, 0) is 4.79 Å². The van der Waals surface area contributed by atoms with Crippen molar-refractivity contribution in [3.05, 3.63) is 60.7 Å². The quantitative estimate of drug-likeness (QED) is 0.839. The Balaban J connectivity index is 2.41. The van der Waals surface area contributed by atoms with Gasteiger partial charge in [-0.1, -0.05) is 77.6 Å². The van der Waals surface area contributed by atoms with E-state index >= 15 is 0 Å². The van der Waals surface area contributed by atoms with Crippen LogP contribution in [0.2, 0.25) is 6.55 Å². The van der Waals surface area contributed by atoms with Crippen LogP contribution in [0.3, 0.4) is 0 Å². The van der Waals surface area contributed by atoms with Gasteiger partial charge >= 0.3 is 0 Å². The zero-order valence-corrected chi connectivity index (χ0v) is 12.4. The molecule has 0 saturated heterocycles. The van der Waals surface area contributed by atoms with Crippen molar-refractivity contribution < 1.29 is 4.79 Å². The second kappa shape index (κ2) is 5.84. The molecule has 0 aliphatic carbocycles. The largest absolute Gasteiger partial charge is 0.358 e. The molecule has 3 heteroatoms. The molecule has 2 nitrogen and oxygen atoms in total. The van der Waals surface area contributed by atoms with Gasteiger partial charge in [0.25, 0.3) is 0 Å². The van der Waals surface area contributed by atoms with Crippen molar-refractivity contribution >= 4 is 24.4 Å². The Morgan fingerprint density at radius 2 is 1.37 bits per heavy atom. The lowest BCUT2D eigenvalue weighted by molar-refractivity contribution is -0.118. The fourth-order valence-corrected chi connectivity index (χ4v) is 5.48. The Bertz CT molecular complexity index is 500. The highest BCUT2D eigenvalue weighted by Gasteiger charge is 2.31. The third kappa shape index (κ3) is 3.12. The first-order chi connectivity index (χ1) is 9.13. The predicted octanol–water partition coefficient (Wildman–Crippen LogP) is 1.55. The molecule has 0 aromatic heterocycles. The molecule has 2 aromatic carbocycles. The summed E-state index contributed by atoms with van der Waals surface area (Å²) in [7, 11) is -1.90. The number of hydrogen-bond acceptors (Lipinski definition) is 1. The third-order valence-corrected chi connectivity index (χ3v) is 7.61. The van der Waals surface area contributed by atoms with Crippen LogP contribution in [0.5, 0.6) is 0 Å². The van der Waals surface area contributed by atoms with Crippen LogP contribution < -0.4 is 15.7 Å². The lowest BCUT2D eigenvalue weighted by Gasteiger charge is -2.28. The minimum Gasteiger partial charge on any atom is -0.358 e. The van der Waals surface area contributed by atoms with Crippen LogP contribution in [0.15, 0.2) is 60.7 Å². The van der Waals surface area contributed by atoms with Crippen LogP contribution in [0.25, 0.3) is 0 Å². The summed E-state index contributed by atoms with van der Waals surface area (Å²) in [6, 6.07) is 21.0. The summed E-state index contributed by atoms with van der Waals surface area (Å²) < 4.78 is 0. The highest BCUT2D eigenvalue weighted by molar-refractivity contribution is 7.01. The Morgan fingerprint density at radius 3 is 1.74 bits per heavy atom. The highest BCUT2D eigenvalue weighted by atomic mass is 28.3. The third-order valence-electron chi connectivity index (χ3n) is 3.51. The van der Waals surface area contributed by atoms with Gasteiger partial charge in [-0.3, -0.25) is 4.79 Å². The number of carbonyl (C=O) groups is 1. The topological polar surface area (TPSA) is 29.1 Å². The summed E-state index contributed by atoms with van der Waals surface area (Å²) in [6.07, 6.45) is 0.732. The lowest BCUT2D eigenvalue weighted by Crippen LogP contribution is -2.62. The van der Waals surface area contributed by atoms with Crippen molar-refractivity contribution in [3.63, 3.8) is 0 Å². The van der Waals surface area contributed by atoms with E-state index in [1.54, 1.807) is 6.92 Å². The zero-order chi connectivity index (χ0) is 13.7. The molecule has 1 N–H and O–H groups in total. The predicted molar refractivity (Wildman–Crippen MR) is 82.5 cm³/mol. The van der Waals surface area contributed by atoms with E-state index in [1.807, 2.05) is 12.1 Å². The van der Waals surface area contributed by atoms with Crippen molar-refractivity contribution in [2.45, 2.75) is 13.5 Å². The average molecular weight is 269 g/mol. The summed E-state index contributed by atoms with van der Waals surface area (Å²) in [5, 5.41) is 5.69. The van der Waals surface area contributed by atoms with Crippen LogP contribution in [0, 0.1) is 0 Å². The van der Waals surface area contributed by atoms with E-state index < -0.39 is 8.07 Å². The summed E-state index contributed by atoms with van der Waals surface area (Å²) in [6.45, 7) is 3.87. The number of carbonyl (C=O) groups excluding carboxylic acids is 1. The molecular weight excluding hydrogens is 250 g/mol. The van der Waals surface area contributed by atoms with Gasteiger partial charge in [0.15, 0.2) is 0 Å². The number of benzene rings is 2.